The molecule has 0 saturated heterocycles. The SMILES string of the molecule is CS(=O)(=O)c1cccc(C=Cc2ccc(=O)[nH]n2)c1. The highest BCUT2D eigenvalue weighted by Crippen LogP contribution is 2.13. The van der Waals surface area contributed by atoms with Crippen LogP contribution in [0, 0.1) is 0 Å². The Kier molecular flexibility index (Phi) is 3.62. The molecule has 2 rings (SSSR count). The standard InChI is InChI=1S/C13H12N2O3S/c1-19(17,18)12-4-2-3-10(9-12)5-6-11-7-8-13(16)15-14-11/h2-9H,1H3,(H,15,16). The largest absolute Gasteiger partial charge is 0.268 e. The highest BCUT2D eigenvalue weighted by atomic mass is 32.2. The Morgan fingerprint density at radius 2 is 1.95 bits per heavy atom. The van der Waals surface area contributed by atoms with E-state index in [9.17, 15) is 13.2 Å². The lowest BCUT2D eigenvalue weighted by Crippen LogP contribution is -2.05. The molecular formula is C13H12N2O3S. The van der Waals surface area contributed by atoms with E-state index in [0.29, 0.717) is 5.69 Å². The smallest absolute Gasteiger partial charge is 0.264 e. The van der Waals surface area contributed by atoms with E-state index in [-0.39, 0.29) is 10.5 Å². The Morgan fingerprint density at radius 3 is 2.58 bits per heavy atom. The third-order valence-electron chi connectivity index (χ3n) is 2.43. The molecule has 0 fully saturated rings. The van der Waals surface area contributed by atoms with Gasteiger partial charge in [0.25, 0.3) is 5.56 Å². The highest BCUT2D eigenvalue weighted by Gasteiger charge is 2.05. The van der Waals surface area contributed by atoms with Crippen LogP contribution in [0.2, 0.25) is 0 Å². The summed E-state index contributed by atoms with van der Waals surface area (Å²) in [5, 5.41) is 6.14. The summed E-state index contributed by atoms with van der Waals surface area (Å²) in [4.78, 5) is 11.1. The van der Waals surface area contributed by atoms with Crippen molar-refractivity contribution in [3.05, 3.63) is 58.0 Å². The van der Waals surface area contributed by atoms with Crippen LogP contribution in [0.1, 0.15) is 11.3 Å². The molecule has 1 heterocycles. The molecule has 0 radical (unpaired) electrons. The molecule has 1 aromatic heterocycles. The summed E-state index contributed by atoms with van der Waals surface area (Å²) < 4.78 is 22.8. The summed E-state index contributed by atoms with van der Waals surface area (Å²) in [6, 6.07) is 9.55. The Bertz CT molecular complexity index is 756. The molecule has 0 aliphatic heterocycles. The van der Waals surface area contributed by atoms with E-state index < -0.39 is 9.84 Å². The zero-order valence-corrected chi connectivity index (χ0v) is 11.0. The van der Waals surface area contributed by atoms with Crippen molar-refractivity contribution in [1.29, 1.82) is 0 Å². The van der Waals surface area contributed by atoms with Crippen molar-refractivity contribution in [3.8, 4) is 0 Å². The van der Waals surface area contributed by atoms with Gasteiger partial charge in [-0.05, 0) is 29.8 Å². The fourth-order valence-corrected chi connectivity index (χ4v) is 2.15. The lowest BCUT2D eigenvalue weighted by Gasteiger charge is -1.99. The van der Waals surface area contributed by atoms with E-state index in [1.54, 1.807) is 42.5 Å². The number of aromatic amines is 1. The Balaban J connectivity index is 2.29. The molecule has 6 heteroatoms. The van der Waals surface area contributed by atoms with Crippen molar-refractivity contribution in [1.82, 2.24) is 10.2 Å². The molecule has 0 unspecified atom stereocenters. The molecule has 19 heavy (non-hydrogen) atoms. The minimum Gasteiger partial charge on any atom is -0.268 e. The van der Waals surface area contributed by atoms with Crippen LogP contribution >= 0.6 is 0 Å². The Labute approximate surface area is 110 Å². The molecule has 0 bridgehead atoms. The second-order valence-corrected chi connectivity index (χ2v) is 6.04. The highest BCUT2D eigenvalue weighted by molar-refractivity contribution is 7.90. The first-order valence-corrected chi connectivity index (χ1v) is 7.38. The maximum Gasteiger partial charge on any atom is 0.264 e. The van der Waals surface area contributed by atoms with Gasteiger partial charge in [-0.2, -0.15) is 5.10 Å². The lowest BCUT2D eigenvalue weighted by atomic mass is 10.2. The third-order valence-corrected chi connectivity index (χ3v) is 3.54. The van der Waals surface area contributed by atoms with Crippen molar-refractivity contribution in [3.63, 3.8) is 0 Å². The van der Waals surface area contributed by atoms with Gasteiger partial charge in [0.05, 0.1) is 10.6 Å². The van der Waals surface area contributed by atoms with Gasteiger partial charge in [0.2, 0.25) is 0 Å². The molecule has 2 aromatic rings. The maximum absolute atomic E-state index is 11.4. The predicted molar refractivity (Wildman–Crippen MR) is 73.3 cm³/mol. The molecule has 0 saturated carbocycles. The average Bonchev–Trinajstić information content (AvgIpc) is 2.37. The van der Waals surface area contributed by atoms with E-state index in [1.165, 1.54) is 12.3 Å². The zero-order chi connectivity index (χ0) is 13.9. The fourth-order valence-electron chi connectivity index (χ4n) is 1.48. The number of sulfone groups is 1. The number of nitrogens with zero attached hydrogens (tertiary/aromatic N) is 1. The lowest BCUT2D eigenvalue weighted by molar-refractivity contribution is 0.602. The molecular weight excluding hydrogens is 264 g/mol. The van der Waals surface area contributed by atoms with E-state index in [1.807, 2.05) is 0 Å². The quantitative estimate of drug-likeness (QED) is 0.917. The van der Waals surface area contributed by atoms with Crippen LogP contribution in [-0.4, -0.2) is 24.9 Å². The van der Waals surface area contributed by atoms with Crippen molar-refractivity contribution >= 4 is 22.0 Å². The summed E-state index contributed by atoms with van der Waals surface area (Å²) >= 11 is 0. The summed E-state index contributed by atoms with van der Waals surface area (Å²) in [6.07, 6.45) is 4.59. The summed E-state index contributed by atoms with van der Waals surface area (Å²) in [6.45, 7) is 0. The van der Waals surface area contributed by atoms with Crippen LogP contribution in [-0.2, 0) is 9.84 Å². The molecule has 0 spiro atoms. The first kappa shape index (κ1) is 13.2. The van der Waals surface area contributed by atoms with E-state index in [4.69, 9.17) is 0 Å². The van der Waals surface area contributed by atoms with Gasteiger partial charge in [0, 0.05) is 12.3 Å². The number of H-pyrrole nitrogens is 1. The molecule has 1 aromatic carbocycles. The summed E-state index contributed by atoms with van der Waals surface area (Å²) in [5.74, 6) is 0. The second-order valence-electron chi connectivity index (χ2n) is 4.02. The van der Waals surface area contributed by atoms with Crippen LogP contribution in [0.15, 0.2) is 46.1 Å². The van der Waals surface area contributed by atoms with Crippen molar-refractivity contribution in [2.45, 2.75) is 4.90 Å². The molecule has 1 N–H and O–H groups in total. The van der Waals surface area contributed by atoms with E-state index in [2.05, 4.69) is 10.2 Å². The van der Waals surface area contributed by atoms with Gasteiger partial charge < -0.3 is 0 Å². The summed E-state index contributed by atoms with van der Waals surface area (Å²) in [5.41, 5.74) is 1.07. The van der Waals surface area contributed by atoms with E-state index >= 15 is 0 Å². The van der Waals surface area contributed by atoms with Gasteiger partial charge in [-0.1, -0.05) is 18.2 Å². The molecule has 98 valence electrons. The number of hydrogen-bond acceptors (Lipinski definition) is 4. The number of nitrogens with one attached hydrogen (secondary N) is 1. The van der Waals surface area contributed by atoms with Crippen LogP contribution in [0.5, 0.6) is 0 Å². The van der Waals surface area contributed by atoms with Crippen LogP contribution in [0.25, 0.3) is 12.2 Å². The zero-order valence-electron chi connectivity index (χ0n) is 10.2. The number of rotatable bonds is 3. The average molecular weight is 276 g/mol. The van der Waals surface area contributed by atoms with Crippen molar-refractivity contribution < 1.29 is 8.42 Å². The van der Waals surface area contributed by atoms with Gasteiger partial charge in [0.15, 0.2) is 9.84 Å². The van der Waals surface area contributed by atoms with Crippen LogP contribution in [0.4, 0.5) is 0 Å². The van der Waals surface area contributed by atoms with Gasteiger partial charge in [-0.15, -0.1) is 0 Å². The molecule has 0 aliphatic rings. The Morgan fingerprint density at radius 1 is 1.16 bits per heavy atom. The molecule has 0 aliphatic carbocycles. The van der Waals surface area contributed by atoms with Gasteiger partial charge in [-0.25, -0.2) is 13.5 Å². The Hall–Kier alpha value is -2.21. The van der Waals surface area contributed by atoms with Gasteiger partial charge in [0.1, 0.15) is 0 Å². The van der Waals surface area contributed by atoms with Gasteiger partial charge >= 0.3 is 0 Å². The molecule has 0 atom stereocenters. The van der Waals surface area contributed by atoms with Crippen molar-refractivity contribution in [2.24, 2.45) is 0 Å². The minimum absolute atomic E-state index is 0.267. The number of hydrogen-bond donors (Lipinski definition) is 1. The number of aromatic nitrogens is 2. The van der Waals surface area contributed by atoms with E-state index in [0.717, 1.165) is 5.56 Å². The fraction of sp³-hybridized carbons (Fsp3) is 0.0769. The van der Waals surface area contributed by atoms with Crippen LogP contribution in [0.3, 0.4) is 0 Å². The number of benzene rings is 1. The monoisotopic (exact) mass is 276 g/mol. The second kappa shape index (κ2) is 5.19. The first-order chi connectivity index (χ1) is 8.95. The maximum atomic E-state index is 11.4. The normalized spacial score (nSPS) is 11.8. The molecule has 5 nitrogen and oxygen atoms in total. The first-order valence-electron chi connectivity index (χ1n) is 5.49. The van der Waals surface area contributed by atoms with Crippen LogP contribution < -0.4 is 5.56 Å². The summed E-state index contributed by atoms with van der Waals surface area (Å²) in [7, 11) is -3.21. The molecule has 0 amide bonds. The topological polar surface area (TPSA) is 79.9 Å². The third kappa shape index (κ3) is 3.62. The predicted octanol–water partition coefficient (Wildman–Crippen LogP) is 1.34. The minimum atomic E-state index is -3.21. The van der Waals surface area contributed by atoms with Crippen molar-refractivity contribution in [2.75, 3.05) is 6.26 Å². The van der Waals surface area contributed by atoms with Gasteiger partial charge in [-0.3, -0.25) is 4.79 Å².